The molecule has 0 fully saturated rings. The van der Waals surface area contributed by atoms with Gasteiger partial charge in [-0.15, -0.1) is 0 Å². The second kappa shape index (κ2) is 4.13. The van der Waals surface area contributed by atoms with Gasteiger partial charge < -0.3 is 5.11 Å². The number of carbonyl (C=O) groups is 1. The molecule has 1 aliphatic heterocycles. The summed E-state index contributed by atoms with van der Waals surface area (Å²) in [5, 5.41) is 13.3. The van der Waals surface area contributed by atoms with E-state index >= 15 is 0 Å². The van der Waals surface area contributed by atoms with Crippen LogP contribution in [-0.4, -0.2) is 25.9 Å². The SMILES string of the molecule is O=C(O)N1Cc2cn(-c3ccc(Br)cc3)nc2C1. The summed E-state index contributed by atoms with van der Waals surface area (Å²) >= 11 is 3.38. The fourth-order valence-corrected chi connectivity index (χ4v) is 2.28. The van der Waals surface area contributed by atoms with E-state index < -0.39 is 6.09 Å². The molecule has 1 amide bonds. The molecule has 5 nitrogen and oxygen atoms in total. The minimum Gasteiger partial charge on any atom is -0.465 e. The molecule has 1 aromatic heterocycles. The maximum absolute atomic E-state index is 10.8. The summed E-state index contributed by atoms with van der Waals surface area (Å²) in [5.74, 6) is 0. The molecule has 0 saturated carbocycles. The Morgan fingerprint density at radius 1 is 1.28 bits per heavy atom. The van der Waals surface area contributed by atoms with E-state index in [1.165, 1.54) is 4.90 Å². The van der Waals surface area contributed by atoms with Crippen molar-refractivity contribution in [2.75, 3.05) is 0 Å². The third kappa shape index (κ3) is 1.88. The minimum atomic E-state index is -0.900. The van der Waals surface area contributed by atoms with Crippen LogP contribution in [0.15, 0.2) is 34.9 Å². The molecule has 0 unspecified atom stereocenters. The lowest BCUT2D eigenvalue weighted by Gasteiger charge is -2.10. The number of benzene rings is 1. The lowest BCUT2D eigenvalue weighted by Crippen LogP contribution is -2.23. The molecule has 2 aromatic rings. The predicted octanol–water partition coefficient (Wildman–Crippen LogP) is 2.63. The molecule has 0 bridgehead atoms. The van der Waals surface area contributed by atoms with Crippen LogP contribution in [-0.2, 0) is 13.1 Å². The Morgan fingerprint density at radius 2 is 2.00 bits per heavy atom. The van der Waals surface area contributed by atoms with Crippen LogP contribution in [0.5, 0.6) is 0 Å². The topological polar surface area (TPSA) is 58.4 Å². The highest BCUT2D eigenvalue weighted by Gasteiger charge is 2.26. The van der Waals surface area contributed by atoms with Crippen LogP contribution in [0.4, 0.5) is 4.79 Å². The standard InChI is InChI=1S/C12H10BrN3O2/c13-9-1-3-10(4-2-9)16-6-8-5-15(12(17)18)7-11(8)14-16/h1-4,6H,5,7H2,(H,17,18). The van der Waals surface area contributed by atoms with E-state index in [9.17, 15) is 4.79 Å². The average molecular weight is 308 g/mol. The lowest BCUT2D eigenvalue weighted by molar-refractivity contribution is 0.144. The Labute approximate surface area is 112 Å². The summed E-state index contributed by atoms with van der Waals surface area (Å²) in [6.07, 6.45) is 0.991. The van der Waals surface area contributed by atoms with Crippen LogP contribution in [0.3, 0.4) is 0 Å². The molecule has 0 spiro atoms. The van der Waals surface area contributed by atoms with E-state index in [-0.39, 0.29) is 0 Å². The van der Waals surface area contributed by atoms with Crippen molar-refractivity contribution in [3.8, 4) is 5.69 Å². The average Bonchev–Trinajstić information content (AvgIpc) is 2.87. The first kappa shape index (κ1) is 11.3. The van der Waals surface area contributed by atoms with Crippen LogP contribution in [0.2, 0.25) is 0 Å². The van der Waals surface area contributed by atoms with Crippen molar-refractivity contribution < 1.29 is 9.90 Å². The summed E-state index contributed by atoms with van der Waals surface area (Å²) in [4.78, 5) is 12.2. The minimum absolute atomic E-state index is 0.369. The van der Waals surface area contributed by atoms with E-state index in [1.807, 2.05) is 30.5 Å². The van der Waals surface area contributed by atoms with Gasteiger partial charge in [0, 0.05) is 16.2 Å². The summed E-state index contributed by atoms with van der Waals surface area (Å²) in [5.41, 5.74) is 2.77. The van der Waals surface area contributed by atoms with Gasteiger partial charge in [-0.1, -0.05) is 15.9 Å². The van der Waals surface area contributed by atoms with Crippen molar-refractivity contribution in [2.45, 2.75) is 13.1 Å². The van der Waals surface area contributed by atoms with Crippen LogP contribution < -0.4 is 0 Å². The largest absolute Gasteiger partial charge is 0.465 e. The van der Waals surface area contributed by atoms with Crippen molar-refractivity contribution >= 4 is 22.0 Å². The molecular formula is C12H10BrN3O2. The van der Waals surface area contributed by atoms with Gasteiger partial charge in [0.15, 0.2) is 0 Å². The molecule has 1 N–H and O–H groups in total. The van der Waals surface area contributed by atoms with Gasteiger partial charge in [-0.05, 0) is 24.3 Å². The van der Waals surface area contributed by atoms with E-state index in [4.69, 9.17) is 5.11 Å². The Bertz CT molecular complexity index is 583. The van der Waals surface area contributed by atoms with E-state index in [1.54, 1.807) is 4.68 Å². The van der Waals surface area contributed by atoms with Crippen molar-refractivity contribution in [1.29, 1.82) is 0 Å². The molecule has 1 aromatic carbocycles. The molecule has 2 heterocycles. The number of nitrogens with zero attached hydrogens (tertiary/aromatic N) is 3. The third-order valence-corrected chi connectivity index (χ3v) is 3.47. The summed E-state index contributed by atoms with van der Waals surface area (Å²) in [6, 6.07) is 7.82. The first-order valence-electron chi connectivity index (χ1n) is 5.45. The fraction of sp³-hybridized carbons (Fsp3) is 0.167. The van der Waals surface area contributed by atoms with Gasteiger partial charge in [0.05, 0.1) is 24.5 Å². The zero-order chi connectivity index (χ0) is 12.7. The van der Waals surface area contributed by atoms with Gasteiger partial charge in [0.2, 0.25) is 0 Å². The molecule has 0 atom stereocenters. The number of halogens is 1. The molecule has 1 aliphatic rings. The molecule has 92 valence electrons. The number of aromatic nitrogens is 2. The van der Waals surface area contributed by atoms with Gasteiger partial charge in [0.25, 0.3) is 0 Å². The Morgan fingerprint density at radius 3 is 2.61 bits per heavy atom. The Balaban J connectivity index is 1.89. The molecule has 0 saturated heterocycles. The Hall–Kier alpha value is -1.82. The molecule has 0 radical (unpaired) electrons. The maximum Gasteiger partial charge on any atom is 0.407 e. The third-order valence-electron chi connectivity index (χ3n) is 2.94. The van der Waals surface area contributed by atoms with Crippen molar-refractivity contribution in [3.05, 3.63) is 46.2 Å². The molecule has 0 aliphatic carbocycles. The van der Waals surface area contributed by atoms with Gasteiger partial charge in [-0.25, -0.2) is 9.48 Å². The summed E-state index contributed by atoms with van der Waals surface area (Å²) < 4.78 is 2.80. The first-order valence-corrected chi connectivity index (χ1v) is 6.24. The second-order valence-electron chi connectivity index (χ2n) is 4.16. The first-order chi connectivity index (χ1) is 8.63. The highest BCUT2D eigenvalue weighted by atomic mass is 79.9. The molecular weight excluding hydrogens is 298 g/mol. The van der Waals surface area contributed by atoms with Crippen LogP contribution in [0, 0.1) is 0 Å². The lowest BCUT2D eigenvalue weighted by atomic mass is 10.3. The second-order valence-corrected chi connectivity index (χ2v) is 5.08. The van der Waals surface area contributed by atoms with Crippen molar-refractivity contribution in [2.24, 2.45) is 0 Å². The van der Waals surface area contributed by atoms with Crippen LogP contribution in [0.25, 0.3) is 5.69 Å². The maximum atomic E-state index is 10.8. The highest BCUT2D eigenvalue weighted by molar-refractivity contribution is 9.10. The van der Waals surface area contributed by atoms with E-state index in [0.717, 1.165) is 21.4 Å². The van der Waals surface area contributed by atoms with Crippen LogP contribution in [0.1, 0.15) is 11.3 Å². The number of rotatable bonds is 1. The number of hydrogen-bond donors (Lipinski definition) is 1. The van der Waals surface area contributed by atoms with Gasteiger partial charge >= 0.3 is 6.09 Å². The number of fused-ring (bicyclic) bond motifs is 1. The zero-order valence-electron chi connectivity index (χ0n) is 9.38. The predicted molar refractivity (Wildman–Crippen MR) is 68.5 cm³/mol. The number of hydrogen-bond acceptors (Lipinski definition) is 2. The summed E-state index contributed by atoms with van der Waals surface area (Å²) in [7, 11) is 0. The number of amides is 1. The normalized spacial score (nSPS) is 13.7. The molecule has 18 heavy (non-hydrogen) atoms. The van der Waals surface area contributed by atoms with Crippen molar-refractivity contribution in [3.63, 3.8) is 0 Å². The highest BCUT2D eigenvalue weighted by Crippen LogP contribution is 2.23. The Kier molecular flexibility index (Phi) is 2.59. The van der Waals surface area contributed by atoms with Gasteiger partial charge in [-0.3, -0.25) is 4.90 Å². The van der Waals surface area contributed by atoms with Crippen LogP contribution >= 0.6 is 15.9 Å². The van der Waals surface area contributed by atoms with Gasteiger partial charge in [0.1, 0.15) is 0 Å². The monoisotopic (exact) mass is 307 g/mol. The fourth-order valence-electron chi connectivity index (χ4n) is 2.01. The molecule has 3 rings (SSSR count). The number of carboxylic acid groups (broad SMARTS) is 1. The summed E-state index contributed by atoms with van der Waals surface area (Å²) in [6.45, 7) is 0.787. The smallest absolute Gasteiger partial charge is 0.407 e. The van der Waals surface area contributed by atoms with Gasteiger partial charge in [-0.2, -0.15) is 5.10 Å². The van der Waals surface area contributed by atoms with E-state index in [0.29, 0.717) is 13.1 Å². The van der Waals surface area contributed by atoms with Crippen molar-refractivity contribution in [1.82, 2.24) is 14.7 Å². The van der Waals surface area contributed by atoms with E-state index in [2.05, 4.69) is 21.0 Å². The molecule has 6 heteroatoms. The zero-order valence-corrected chi connectivity index (χ0v) is 11.0. The quantitative estimate of drug-likeness (QED) is 0.881.